The molecule has 2 aromatic rings. The molecule has 1 N–H and O–H groups in total. The summed E-state index contributed by atoms with van der Waals surface area (Å²) in [6, 6.07) is 13.9. The van der Waals surface area contributed by atoms with Gasteiger partial charge in [-0.3, -0.25) is 4.90 Å². The molecule has 4 rings (SSSR count). The van der Waals surface area contributed by atoms with Gasteiger partial charge in [0.1, 0.15) is 0 Å². The minimum atomic E-state index is 0.730. The Bertz CT molecular complexity index is 586. The van der Waals surface area contributed by atoms with Crippen LogP contribution in [0.2, 0.25) is 0 Å². The fourth-order valence-corrected chi connectivity index (χ4v) is 3.75. The second-order valence-electron chi connectivity index (χ2n) is 6.52. The number of nitrogens with one attached hydrogen (secondary N) is 1. The number of H-pyrrole nitrogens is 1. The summed E-state index contributed by atoms with van der Waals surface area (Å²) >= 11 is 0. The third-order valence-electron chi connectivity index (χ3n) is 5.08. The van der Waals surface area contributed by atoms with Crippen molar-refractivity contribution >= 4 is 0 Å². The molecule has 2 aliphatic rings. The molecule has 2 heteroatoms. The van der Waals surface area contributed by atoms with E-state index in [0.717, 1.165) is 31.0 Å². The van der Waals surface area contributed by atoms with Crippen molar-refractivity contribution in [3.8, 4) is 0 Å². The molecular weight excluding hydrogens is 244 g/mol. The first-order valence-corrected chi connectivity index (χ1v) is 7.74. The van der Waals surface area contributed by atoms with Crippen molar-refractivity contribution in [1.82, 2.24) is 9.88 Å². The average Bonchev–Trinajstić information content (AvgIpc) is 3.01. The van der Waals surface area contributed by atoms with E-state index in [2.05, 4.69) is 59.4 Å². The number of fused-ring (bicyclic) bond motifs is 1. The van der Waals surface area contributed by atoms with Crippen molar-refractivity contribution in [2.75, 3.05) is 0 Å². The molecule has 0 radical (unpaired) electrons. The molecule has 1 aromatic heterocycles. The SMILES string of the molecule is CC1C[C@@H]1C1Cc2cc[nH]c2CN1Cc1ccccc1. The van der Waals surface area contributed by atoms with Crippen LogP contribution in [0.25, 0.3) is 0 Å². The third-order valence-corrected chi connectivity index (χ3v) is 5.08. The van der Waals surface area contributed by atoms with E-state index >= 15 is 0 Å². The molecule has 2 unspecified atom stereocenters. The summed E-state index contributed by atoms with van der Waals surface area (Å²) in [5, 5.41) is 0. The quantitative estimate of drug-likeness (QED) is 0.899. The van der Waals surface area contributed by atoms with Crippen LogP contribution in [-0.2, 0) is 19.5 Å². The summed E-state index contributed by atoms with van der Waals surface area (Å²) in [4.78, 5) is 6.11. The van der Waals surface area contributed by atoms with E-state index in [1.807, 2.05) is 0 Å². The van der Waals surface area contributed by atoms with E-state index in [1.54, 1.807) is 5.56 Å². The third kappa shape index (κ3) is 2.18. The number of rotatable bonds is 3. The number of benzene rings is 1. The fourth-order valence-electron chi connectivity index (χ4n) is 3.75. The van der Waals surface area contributed by atoms with Gasteiger partial charge >= 0.3 is 0 Å². The molecule has 0 saturated heterocycles. The lowest BCUT2D eigenvalue weighted by Crippen LogP contribution is -2.41. The lowest BCUT2D eigenvalue weighted by Gasteiger charge is -2.36. The van der Waals surface area contributed by atoms with Crippen LogP contribution in [0.15, 0.2) is 42.6 Å². The minimum Gasteiger partial charge on any atom is -0.364 e. The van der Waals surface area contributed by atoms with Crippen molar-refractivity contribution in [2.45, 2.75) is 38.9 Å². The molecule has 0 spiro atoms. The normalized spacial score (nSPS) is 29.1. The molecule has 1 aromatic carbocycles. The van der Waals surface area contributed by atoms with Gasteiger partial charge in [-0.15, -0.1) is 0 Å². The molecule has 0 amide bonds. The fraction of sp³-hybridized carbons (Fsp3) is 0.444. The Hall–Kier alpha value is -1.54. The van der Waals surface area contributed by atoms with Crippen LogP contribution in [0.3, 0.4) is 0 Å². The zero-order valence-corrected chi connectivity index (χ0v) is 12.0. The molecular formula is C18H22N2. The van der Waals surface area contributed by atoms with Crippen molar-refractivity contribution in [3.05, 3.63) is 59.4 Å². The smallest absolute Gasteiger partial charge is 0.0394 e. The van der Waals surface area contributed by atoms with Gasteiger partial charge < -0.3 is 4.98 Å². The summed E-state index contributed by atoms with van der Waals surface area (Å²) in [6.45, 7) is 4.55. The number of hydrogen-bond acceptors (Lipinski definition) is 1. The maximum atomic E-state index is 3.42. The molecule has 1 aliphatic heterocycles. The first-order valence-electron chi connectivity index (χ1n) is 7.74. The maximum Gasteiger partial charge on any atom is 0.0394 e. The molecule has 3 atom stereocenters. The van der Waals surface area contributed by atoms with Gasteiger partial charge in [0.05, 0.1) is 0 Å². The second-order valence-corrected chi connectivity index (χ2v) is 6.52. The van der Waals surface area contributed by atoms with Gasteiger partial charge in [-0.1, -0.05) is 37.3 Å². The predicted molar refractivity (Wildman–Crippen MR) is 81.2 cm³/mol. The Balaban J connectivity index is 1.59. The summed E-state index contributed by atoms with van der Waals surface area (Å²) in [7, 11) is 0. The molecule has 1 saturated carbocycles. The molecule has 1 fully saturated rings. The van der Waals surface area contributed by atoms with Crippen molar-refractivity contribution in [3.63, 3.8) is 0 Å². The highest BCUT2D eigenvalue weighted by atomic mass is 15.2. The van der Waals surface area contributed by atoms with E-state index in [4.69, 9.17) is 0 Å². The van der Waals surface area contributed by atoms with Gasteiger partial charge in [-0.2, -0.15) is 0 Å². The van der Waals surface area contributed by atoms with Crippen LogP contribution in [-0.4, -0.2) is 15.9 Å². The highest BCUT2D eigenvalue weighted by Crippen LogP contribution is 2.45. The topological polar surface area (TPSA) is 19.0 Å². The largest absolute Gasteiger partial charge is 0.364 e. The second kappa shape index (κ2) is 4.78. The van der Waals surface area contributed by atoms with Crippen LogP contribution in [0.5, 0.6) is 0 Å². The first-order chi connectivity index (χ1) is 9.81. The maximum absolute atomic E-state index is 3.42. The van der Waals surface area contributed by atoms with Crippen LogP contribution in [0.1, 0.15) is 30.2 Å². The summed E-state index contributed by atoms with van der Waals surface area (Å²) in [5.74, 6) is 1.82. The van der Waals surface area contributed by atoms with Gasteiger partial charge in [0.15, 0.2) is 0 Å². The number of nitrogens with zero attached hydrogens (tertiary/aromatic N) is 1. The highest BCUT2D eigenvalue weighted by Gasteiger charge is 2.43. The van der Waals surface area contributed by atoms with Crippen LogP contribution < -0.4 is 0 Å². The van der Waals surface area contributed by atoms with Crippen molar-refractivity contribution in [1.29, 1.82) is 0 Å². The van der Waals surface area contributed by atoms with Crippen LogP contribution >= 0.6 is 0 Å². The lowest BCUT2D eigenvalue weighted by atomic mass is 9.94. The van der Waals surface area contributed by atoms with Gasteiger partial charge in [0.25, 0.3) is 0 Å². The molecule has 104 valence electrons. The molecule has 2 heterocycles. The summed E-state index contributed by atoms with van der Waals surface area (Å²) < 4.78 is 0. The van der Waals surface area contributed by atoms with E-state index in [1.165, 1.54) is 24.1 Å². The Labute approximate surface area is 120 Å². The number of aromatic amines is 1. The summed E-state index contributed by atoms with van der Waals surface area (Å²) in [5.41, 5.74) is 4.39. The predicted octanol–water partition coefficient (Wildman–Crippen LogP) is 3.60. The van der Waals surface area contributed by atoms with Gasteiger partial charge in [0.2, 0.25) is 0 Å². The van der Waals surface area contributed by atoms with Crippen molar-refractivity contribution < 1.29 is 0 Å². The minimum absolute atomic E-state index is 0.730. The Kier molecular flexibility index (Phi) is 2.92. The van der Waals surface area contributed by atoms with Gasteiger partial charge in [0, 0.05) is 31.0 Å². The van der Waals surface area contributed by atoms with E-state index < -0.39 is 0 Å². The average molecular weight is 266 g/mol. The van der Waals surface area contributed by atoms with Gasteiger partial charge in [-0.05, 0) is 41.9 Å². The van der Waals surface area contributed by atoms with Crippen LogP contribution in [0, 0.1) is 11.8 Å². The molecule has 1 aliphatic carbocycles. The zero-order chi connectivity index (χ0) is 13.5. The van der Waals surface area contributed by atoms with E-state index in [-0.39, 0.29) is 0 Å². The standard InChI is InChI=1S/C18H22N2/c1-13-9-16(13)18-10-15-7-8-19-17(15)12-20(18)11-14-5-3-2-4-6-14/h2-8,13,16,18-19H,9-12H2,1H3/t13?,16-,18?/m0/s1. The first kappa shape index (κ1) is 12.2. The van der Waals surface area contributed by atoms with Crippen molar-refractivity contribution in [2.24, 2.45) is 11.8 Å². The number of aromatic nitrogens is 1. The zero-order valence-electron chi connectivity index (χ0n) is 12.0. The monoisotopic (exact) mass is 266 g/mol. The van der Waals surface area contributed by atoms with E-state index in [0.29, 0.717) is 0 Å². The Morgan fingerprint density at radius 3 is 2.75 bits per heavy atom. The van der Waals surface area contributed by atoms with Crippen LogP contribution in [0.4, 0.5) is 0 Å². The van der Waals surface area contributed by atoms with Gasteiger partial charge in [-0.25, -0.2) is 0 Å². The number of hydrogen-bond donors (Lipinski definition) is 1. The molecule has 2 nitrogen and oxygen atoms in total. The van der Waals surface area contributed by atoms with E-state index in [9.17, 15) is 0 Å². The Morgan fingerprint density at radius 2 is 2.00 bits per heavy atom. The Morgan fingerprint density at radius 1 is 1.20 bits per heavy atom. The molecule has 20 heavy (non-hydrogen) atoms. The summed E-state index contributed by atoms with van der Waals surface area (Å²) in [6.07, 6.45) is 4.74. The highest BCUT2D eigenvalue weighted by molar-refractivity contribution is 5.26. The molecule has 0 bridgehead atoms. The lowest BCUT2D eigenvalue weighted by molar-refractivity contribution is 0.138.